The lowest BCUT2D eigenvalue weighted by Gasteiger charge is -2.30. The molecular weight excluding hydrogens is 384 g/mol. The highest BCUT2D eigenvalue weighted by molar-refractivity contribution is 4.76. The second-order valence-electron chi connectivity index (χ2n) is 11.5. The summed E-state index contributed by atoms with van der Waals surface area (Å²) in [4.78, 5) is 0. The van der Waals surface area contributed by atoms with E-state index in [1.807, 2.05) is 0 Å². The first-order valence-electron chi connectivity index (χ1n) is 13.1. The van der Waals surface area contributed by atoms with Gasteiger partial charge in [-0.05, 0) is 79.4 Å². The first-order chi connectivity index (χ1) is 14.4. The predicted molar refractivity (Wildman–Crippen MR) is 139 cm³/mol. The summed E-state index contributed by atoms with van der Waals surface area (Å²) in [5.74, 6) is 6.28. The molecule has 31 heavy (non-hydrogen) atoms. The van der Waals surface area contributed by atoms with E-state index < -0.39 is 0 Å². The van der Waals surface area contributed by atoms with Gasteiger partial charge in [-0.1, -0.05) is 82.1 Å². The van der Waals surface area contributed by atoms with Crippen molar-refractivity contribution in [1.29, 1.82) is 0 Å². The first kappa shape index (κ1) is 35.5. The molecule has 0 spiro atoms. The van der Waals surface area contributed by atoms with Gasteiger partial charge in [0.25, 0.3) is 0 Å². The second-order valence-corrected chi connectivity index (χ2v) is 11.5. The van der Waals surface area contributed by atoms with E-state index in [0.717, 1.165) is 42.6 Å². The average molecular weight is 447 g/mol. The van der Waals surface area contributed by atoms with E-state index in [0.29, 0.717) is 25.0 Å². The summed E-state index contributed by atoms with van der Waals surface area (Å²) >= 11 is 0. The third-order valence-electron chi connectivity index (χ3n) is 5.81. The van der Waals surface area contributed by atoms with Crippen molar-refractivity contribution < 1.29 is 15.3 Å². The smallest absolute Gasteiger partial charge is 0.0459 e. The van der Waals surface area contributed by atoms with Crippen molar-refractivity contribution in [3.63, 3.8) is 0 Å². The fraction of sp³-hybridized carbons (Fsp3) is 1.00. The largest absolute Gasteiger partial charge is 0.400 e. The standard InChI is InChI=1S/C10H20O.C9H18O.2C4H10.CH4O/c1-8(2)10-5-3-4-9(6-10)7-11;1-7(2)9-4-3-8(5-9)6-10;2*1-4(2)3;1-2/h8-11H,3-7H2,1-2H3;7-10H,3-6H2,1-2H3;2*4H,1-3H3;2H,1H3. The Balaban J connectivity index is -0.000000359. The van der Waals surface area contributed by atoms with E-state index in [1.165, 1.54) is 44.9 Å². The van der Waals surface area contributed by atoms with Crippen molar-refractivity contribution in [1.82, 2.24) is 0 Å². The molecule has 0 bridgehead atoms. The SMILES string of the molecule is CC(C)C.CC(C)C.CC(C)C1CCC(CO)C1.CC(C)C1CCCC(CO)C1.CO. The summed E-state index contributed by atoms with van der Waals surface area (Å²) in [7, 11) is 1.00. The van der Waals surface area contributed by atoms with Gasteiger partial charge in [-0.15, -0.1) is 0 Å². The van der Waals surface area contributed by atoms with Gasteiger partial charge >= 0.3 is 0 Å². The molecule has 2 saturated carbocycles. The number of hydrogen-bond donors (Lipinski definition) is 3. The zero-order valence-electron chi connectivity index (χ0n) is 23.3. The van der Waals surface area contributed by atoms with Crippen LogP contribution in [0.3, 0.4) is 0 Å². The van der Waals surface area contributed by atoms with Crippen LogP contribution in [0.5, 0.6) is 0 Å². The summed E-state index contributed by atoms with van der Waals surface area (Å²) in [6.45, 7) is 23.0. The molecular formula is C28H62O3. The Morgan fingerprint density at radius 2 is 0.871 bits per heavy atom. The van der Waals surface area contributed by atoms with Crippen molar-refractivity contribution in [2.75, 3.05) is 20.3 Å². The zero-order valence-corrected chi connectivity index (χ0v) is 23.3. The molecule has 0 aromatic carbocycles. The van der Waals surface area contributed by atoms with Crippen LogP contribution >= 0.6 is 0 Å². The molecule has 3 nitrogen and oxygen atoms in total. The number of rotatable bonds is 4. The van der Waals surface area contributed by atoms with Gasteiger partial charge in [-0.2, -0.15) is 0 Å². The summed E-state index contributed by atoms with van der Waals surface area (Å²) < 4.78 is 0. The van der Waals surface area contributed by atoms with E-state index in [4.69, 9.17) is 15.3 Å². The molecule has 3 N–H and O–H groups in total. The molecule has 0 heterocycles. The van der Waals surface area contributed by atoms with E-state index in [9.17, 15) is 0 Å². The highest BCUT2D eigenvalue weighted by atomic mass is 16.3. The van der Waals surface area contributed by atoms with Crippen LogP contribution in [0.4, 0.5) is 0 Å². The molecule has 0 aromatic rings. The van der Waals surface area contributed by atoms with Crippen LogP contribution in [0.25, 0.3) is 0 Å². The van der Waals surface area contributed by atoms with E-state index in [-0.39, 0.29) is 0 Å². The Bertz CT molecular complexity index is 328. The number of aliphatic hydroxyl groups is 3. The van der Waals surface area contributed by atoms with Gasteiger partial charge in [0.1, 0.15) is 0 Å². The summed E-state index contributed by atoms with van der Waals surface area (Å²) in [6.07, 6.45) is 9.06. The number of aliphatic hydroxyl groups excluding tert-OH is 3. The van der Waals surface area contributed by atoms with Gasteiger partial charge in [0.15, 0.2) is 0 Å². The molecule has 0 aliphatic heterocycles. The minimum atomic E-state index is 0.406. The lowest BCUT2D eigenvalue weighted by molar-refractivity contribution is 0.141. The molecule has 2 fully saturated rings. The molecule has 0 aromatic heterocycles. The molecule has 2 aliphatic rings. The molecule has 4 unspecified atom stereocenters. The average Bonchev–Trinajstić information content (AvgIpc) is 3.19. The second kappa shape index (κ2) is 23.1. The maximum absolute atomic E-state index is 8.99. The van der Waals surface area contributed by atoms with Crippen molar-refractivity contribution in [3.8, 4) is 0 Å². The minimum absolute atomic E-state index is 0.406. The molecule has 0 amide bonds. The highest BCUT2D eigenvalue weighted by Crippen LogP contribution is 2.35. The van der Waals surface area contributed by atoms with Gasteiger partial charge in [0.05, 0.1) is 0 Å². The van der Waals surface area contributed by atoms with Crippen LogP contribution in [0, 0.1) is 47.3 Å². The van der Waals surface area contributed by atoms with Crippen molar-refractivity contribution >= 4 is 0 Å². The Hall–Kier alpha value is -0.120. The fourth-order valence-electron chi connectivity index (χ4n) is 3.99. The molecule has 192 valence electrons. The molecule has 0 saturated heterocycles. The quantitative estimate of drug-likeness (QED) is 0.421. The topological polar surface area (TPSA) is 60.7 Å². The summed E-state index contributed by atoms with van der Waals surface area (Å²) in [6, 6.07) is 0. The Labute approximate surface area is 197 Å². The van der Waals surface area contributed by atoms with Gasteiger partial charge in [0.2, 0.25) is 0 Å². The lowest BCUT2D eigenvalue weighted by Crippen LogP contribution is -2.21. The zero-order chi connectivity index (χ0) is 25.0. The van der Waals surface area contributed by atoms with Crippen LogP contribution in [0.2, 0.25) is 0 Å². The minimum Gasteiger partial charge on any atom is -0.400 e. The number of hydrogen-bond acceptors (Lipinski definition) is 3. The third kappa shape index (κ3) is 24.4. The van der Waals surface area contributed by atoms with Gasteiger partial charge < -0.3 is 15.3 Å². The fourth-order valence-corrected chi connectivity index (χ4v) is 3.99. The Morgan fingerprint density at radius 1 is 0.548 bits per heavy atom. The van der Waals surface area contributed by atoms with Crippen LogP contribution in [0.1, 0.15) is 114 Å². The van der Waals surface area contributed by atoms with Crippen LogP contribution in [0.15, 0.2) is 0 Å². The molecule has 0 radical (unpaired) electrons. The van der Waals surface area contributed by atoms with Crippen molar-refractivity contribution in [3.05, 3.63) is 0 Å². The van der Waals surface area contributed by atoms with E-state index >= 15 is 0 Å². The van der Waals surface area contributed by atoms with E-state index in [1.54, 1.807) is 0 Å². The Kier molecular flexibility index (Phi) is 26.4. The summed E-state index contributed by atoms with van der Waals surface area (Å²) in [5, 5.41) is 24.9. The van der Waals surface area contributed by atoms with E-state index in [2.05, 4.69) is 69.2 Å². The molecule has 4 atom stereocenters. The van der Waals surface area contributed by atoms with Crippen molar-refractivity contribution in [2.45, 2.75) is 114 Å². The summed E-state index contributed by atoms with van der Waals surface area (Å²) in [5.41, 5.74) is 0. The van der Waals surface area contributed by atoms with Gasteiger partial charge in [-0.25, -0.2) is 0 Å². The maximum Gasteiger partial charge on any atom is 0.0459 e. The monoisotopic (exact) mass is 446 g/mol. The highest BCUT2D eigenvalue weighted by Gasteiger charge is 2.25. The first-order valence-corrected chi connectivity index (χ1v) is 13.1. The van der Waals surface area contributed by atoms with Crippen LogP contribution in [-0.2, 0) is 0 Å². The van der Waals surface area contributed by atoms with Crippen LogP contribution < -0.4 is 0 Å². The van der Waals surface area contributed by atoms with Crippen LogP contribution in [-0.4, -0.2) is 35.6 Å². The van der Waals surface area contributed by atoms with Crippen molar-refractivity contribution in [2.24, 2.45) is 47.3 Å². The normalized spacial score (nSPS) is 25.0. The predicted octanol–water partition coefficient (Wildman–Crippen LogP) is 7.43. The third-order valence-corrected chi connectivity index (χ3v) is 5.81. The molecule has 2 rings (SSSR count). The van der Waals surface area contributed by atoms with Gasteiger partial charge in [-0.3, -0.25) is 0 Å². The maximum atomic E-state index is 8.99. The van der Waals surface area contributed by atoms with Gasteiger partial charge in [0, 0.05) is 20.3 Å². The Morgan fingerprint density at radius 3 is 1.13 bits per heavy atom. The molecule has 3 heteroatoms. The molecule has 2 aliphatic carbocycles. The lowest BCUT2D eigenvalue weighted by atomic mass is 9.76.